The second-order valence-electron chi connectivity index (χ2n) is 14.1. The predicted molar refractivity (Wildman–Crippen MR) is 212 cm³/mol. The Kier molecular flexibility index (Phi) is 9.20. The Labute approximate surface area is 321 Å². The Bertz CT molecular complexity index is 2730. The lowest BCUT2D eigenvalue weighted by atomic mass is 10.0. The molecule has 6 N–H and O–H groups in total. The van der Waals surface area contributed by atoms with Gasteiger partial charge in [0, 0.05) is 53.6 Å². The molecule has 0 saturated heterocycles. The van der Waals surface area contributed by atoms with Crippen LogP contribution < -0.4 is 22.1 Å². The van der Waals surface area contributed by atoms with E-state index in [-0.39, 0.29) is 11.8 Å². The van der Waals surface area contributed by atoms with Gasteiger partial charge >= 0.3 is 0 Å². The number of fused-ring (bicyclic) bond motifs is 10. The van der Waals surface area contributed by atoms with Gasteiger partial charge in [0.25, 0.3) is 11.8 Å². The van der Waals surface area contributed by atoms with E-state index in [1.807, 2.05) is 60.2 Å². The fraction of sp³-hybridized carbons (Fsp3) is 0.244. The highest BCUT2D eigenvalue weighted by molar-refractivity contribution is 6.06. The number of nitrogens with two attached hydrogens (primary N) is 2. The Morgan fingerprint density at radius 2 is 1.50 bits per heavy atom. The number of imidazole rings is 1. The van der Waals surface area contributed by atoms with E-state index in [1.54, 1.807) is 45.8 Å². The largest absolute Gasteiger partial charge is 0.366 e. The predicted octanol–water partition coefficient (Wildman–Crippen LogP) is 5.16. The maximum Gasteiger partial charge on any atom is 0.276 e. The van der Waals surface area contributed by atoms with Crippen molar-refractivity contribution in [3.8, 4) is 0 Å². The highest BCUT2D eigenvalue weighted by Crippen LogP contribution is 2.29. The number of carbonyl (C=O) groups is 4. The van der Waals surface area contributed by atoms with E-state index in [9.17, 15) is 19.2 Å². The molecule has 0 fully saturated rings. The minimum absolute atomic E-state index is 0.297. The number of amides is 4. The molecule has 0 unspecified atom stereocenters. The van der Waals surface area contributed by atoms with E-state index in [0.717, 1.165) is 38.8 Å². The molecule has 0 radical (unpaired) electrons. The molecule has 0 aliphatic carbocycles. The van der Waals surface area contributed by atoms with E-state index in [4.69, 9.17) is 21.5 Å². The fourth-order valence-corrected chi connectivity index (χ4v) is 7.63. The zero-order chi connectivity index (χ0) is 39.2. The van der Waals surface area contributed by atoms with Crippen molar-refractivity contribution >= 4 is 57.3 Å². The number of rotatable bonds is 3. The number of hydrogen-bond donors (Lipinski definition) is 4. The van der Waals surface area contributed by atoms with Gasteiger partial charge in [0.2, 0.25) is 17.8 Å². The molecule has 15 heteroatoms. The van der Waals surface area contributed by atoms with E-state index in [1.165, 1.54) is 0 Å². The van der Waals surface area contributed by atoms with Crippen LogP contribution in [-0.2, 0) is 32.6 Å². The third-order valence-corrected chi connectivity index (χ3v) is 10.3. The van der Waals surface area contributed by atoms with Crippen molar-refractivity contribution in [3.63, 3.8) is 0 Å². The minimum Gasteiger partial charge on any atom is -0.366 e. The van der Waals surface area contributed by atoms with Crippen LogP contribution >= 0.6 is 0 Å². The van der Waals surface area contributed by atoms with Gasteiger partial charge in [-0.05, 0) is 93.3 Å². The van der Waals surface area contributed by atoms with Gasteiger partial charge in [-0.25, -0.2) is 4.98 Å². The lowest BCUT2D eigenvalue weighted by molar-refractivity contribution is 0.0992. The lowest BCUT2D eigenvalue weighted by Crippen LogP contribution is -2.21. The molecule has 3 aromatic carbocycles. The molecule has 5 heterocycles. The molecule has 8 rings (SSSR count). The summed E-state index contributed by atoms with van der Waals surface area (Å²) in [7, 11) is 0. The minimum atomic E-state index is -0.578. The summed E-state index contributed by atoms with van der Waals surface area (Å²) in [5.41, 5.74) is 18.9. The first kappa shape index (κ1) is 36.0. The van der Waals surface area contributed by atoms with Crippen molar-refractivity contribution in [2.45, 2.75) is 66.2 Å². The third kappa shape index (κ3) is 6.67. The molecule has 0 saturated carbocycles. The maximum atomic E-state index is 14.4. The van der Waals surface area contributed by atoms with Crippen LogP contribution in [0.3, 0.4) is 0 Å². The number of aryl methyl sites for hydroxylation is 5. The monoisotopic (exact) mass is 751 g/mol. The summed E-state index contributed by atoms with van der Waals surface area (Å²) in [6.07, 6.45) is 1.76. The third-order valence-electron chi connectivity index (χ3n) is 10.3. The first-order valence-corrected chi connectivity index (χ1v) is 18.5. The van der Waals surface area contributed by atoms with Crippen LogP contribution in [-0.4, -0.2) is 57.3 Å². The quantitative estimate of drug-likeness (QED) is 0.191. The van der Waals surface area contributed by atoms with Crippen molar-refractivity contribution in [2.24, 2.45) is 11.5 Å². The molecule has 4 amide bonds. The fourth-order valence-electron chi connectivity index (χ4n) is 7.63. The van der Waals surface area contributed by atoms with E-state index >= 15 is 0 Å². The number of anilines is 2. The second-order valence-corrected chi connectivity index (χ2v) is 14.1. The Hall–Kier alpha value is -7.03. The van der Waals surface area contributed by atoms with Crippen molar-refractivity contribution in [2.75, 3.05) is 10.6 Å². The Balaban J connectivity index is 1.24. The van der Waals surface area contributed by atoms with Crippen molar-refractivity contribution in [3.05, 3.63) is 123 Å². The Morgan fingerprint density at radius 1 is 0.786 bits per heavy atom. The summed E-state index contributed by atoms with van der Waals surface area (Å²) in [6.45, 7) is 7.50. The van der Waals surface area contributed by atoms with Crippen molar-refractivity contribution in [1.29, 1.82) is 0 Å². The molecular weight excluding hydrogens is 711 g/mol. The lowest BCUT2D eigenvalue weighted by Gasteiger charge is -2.14. The summed E-state index contributed by atoms with van der Waals surface area (Å²) in [4.78, 5) is 57.3. The number of carbonyl (C=O) groups excluding carboxylic acids is 4. The Morgan fingerprint density at radius 3 is 2.25 bits per heavy atom. The number of aromatic nitrogens is 7. The van der Waals surface area contributed by atoms with Gasteiger partial charge in [-0.1, -0.05) is 24.3 Å². The summed E-state index contributed by atoms with van der Waals surface area (Å²) in [5.74, 6) is -0.910. The van der Waals surface area contributed by atoms with Gasteiger partial charge in [-0.15, -0.1) is 0 Å². The average Bonchev–Trinajstić information content (AvgIpc) is 3.90. The summed E-state index contributed by atoms with van der Waals surface area (Å²) < 4.78 is 7.35. The maximum absolute atomic E-state index is 14.4. The van der Waals surface area contributed by atoms with Crippen molar-refractivity contribution < 1.29 is 19.2 Å². The van der Waals surface area contributed by atoms with Crippen LogP contribution in [0, 0.1) is 13.8 Å². The standard InChI is InChI=1S/C41H41N11O4/c1-4-51-36-30(24(3)48-51)18-25-8-7-9-26(17-25)22-52-34(16-23(2)47-52)39(55)46-41-44-31-20-28(38(43)54)11-13-33(31)50(41)15-6-5-14-49-32-12-10-27(37(42)53)19-29(32)21-35(49)45-40(36)56/h7-13,16-17,19-21H,4-6,14-15,18,22H2,1-3H3,(H2,42,53)(H2,43,54)(H,45,56)(H,44,46,55). The number of benzene rings is 3. The molecule has 15 nitrogen and oxygen atoms in total. The highest BCUT2D eigenvalue weighted by Gasteiger charge is 2.25. The zero-order valence-corrected chi connectivity index (χ0v) is 31.3. The SMILES string of the molecule is CCn1nc(C)c2c1C(=O)Nc1cc3cc(C(N)=O)ccc3n1CCCCn1c(nc3cc(C(N)=O)ccc31)NC(=O)c1cc(C)nn1Cc1cccc(c1)C2. The van der Waals surface area contributed by atoms with Crippen LogP contribution in [0.15, 0.2) is 72.8 Å². The number of nitrogens with one attached hydrogen (secondary N) is 2. The van der Waals surface area contributed by atoms with Crippen LogP contribution in [0.1, 0.15) is 89.5 Å². The smallest absolute Gasteiger partial charge is 0.276 e. The number of primary amides is 2. The second kappa shape index (κ2) is 14.3. The van der Waals surface area contributed by atoms with Crippen molar-refractivity contribution in [1.82, 2.24) is 33.7 Å². The average molecular weight is 752 g/mol. The molecule has 2 bridgehead atoms. The first-order valence-electron chi connectivity index (χ1n) is 18.5. The number of nitrogens with zero attached hydrogens (tertiary/aromatic N) is 7. The van der Waals surface area contributed by atoms with E-state index < -0.39 is 11.8 Å². The normalized spacial score (nSPS) is 13.9. The van der Waals surface area contributed by atoms with Crippen LogP contribution in [0.5, 0.6) is 0 Å². The van der Waals surface area contributed by atoms with Gasteiger partial charge in [-0.2, -0.15) is 10.2 Å². The molecule has 0 spiro atoms. The van der Waals surface area contributed by atoms with Crippen LogP contribution in [0.2, 0.25) is 0 Å². The zero-order valence-electron chi connectivity index (χ0n) is 31.3. The van der Waals surface area contributed by atoms with Gasteiger partial charge < -0.3 is 25.9 Å². The van der Waals surface area contributed by atoms with Crippen LogP contribution in [0.25, 0.3) is 21.9 Å². The summed E-state index contributed by atoms with van der Waals surface area (Å²) >= 11 is 0. The number of hydrogen-bond acceptors (Lipinski definition) is 7. The molecule has 284 valence electrons. The van der Waals surface area contributed by atoms with Gasteiger partial charge in [-0.3, -0.25) is 33.9 Å². The molecule has 7 aromatic rings. The summed E-state index contributed by atoms with van der Waals surface area (Å²) in [6, 6.07) is 21.9. The van der Waals surface area contributed by atoms with E-state index in [2.05, 4.69) is 21.8 Å². The van der Waals surface area contributed by atoms with Crippen LogP contribution in [0.4, 0.5) is 11.8 Å². The topological polar surface area (TPSA) is 203 Å². The summed E-state index contributed by atoms with van der Waals surface area (Å²) in [5, 5.41) is 16.4. The molecule has 56 heavy (non-hydrogen) atoms. The van der Waals surface area contributed by atoms with Gasteiger partial charge in [0.15, 0.2) is 0 Å². The molecule has 1 aliphatic heterocycles. The molecular formula is C41H41N11O4. The van der Waals surface area contributed by atoms with E-state index in [0.29, 0.717) is 90.9 Å². The molecule has 1 aliphatic rings. The highest BCUT2D eigenvalue weighted by atomic mass is 16.2. The van der Waals surface area contributed by atoms with Gasteiger partial charge in [0.05, 0.1) is 29.0 Å². The molecule has 4 aromatic heterocycles. The first-order chi connectivity index (χ1) is 27.0. The van der Waals surface area contributed by atoms with Gasteiger partial charge in [0.1, 0.15) is 17.2 Å². The molecule has 0 atom stereocenters.